The lowest BCUT2D eigenvalue weighted by Gasteiger charge is -2.11. The smallest absolute Gasteiger partial charge is 0.315 e. The van der Waals surface area contributed by atoms with Crippen molar-refractivity contribution < 1.29 is 9.32 Å². The molecular formula is C10H16N4O2. The maximum absolute atomic E-state index is 11.5. The standard InChI is InChI=1S/C10H16N4O2/c1-7-12-9(16-14-7)6-11-10(15)13-8-4-2-3-5-8/h8H,2-6H2,1H3,(H2,11,13,15). The minimum atomic E-state index is -0.164. The molecule has 0 spiro atoms. The van der Waals surface area contributed by atoms with Gasteiger partial charge in [0.05, 0.1) is 6.54 Å². The first-order valence-electron chi connectivity index (χ1n) is 5.57. The van der Waals surface area contributed by atoms with E-state index in [0.29, 0.717) is 17.8 Å². The fourth-order valence-electron chi connectivity index (χ4n) is 1.87. The van der Waals surface area contributed by atoms with Crippen LogP contribution in [0.2, 0.25) is 0 Å². The van der Waals surface area contributed by atoms with Gasteiger partial charge in [-0.1, -0.05) is 18.0 Å². The second-order valence-corrected chi connectivity index (χ2v) is 4.04. The fourth-order valence-corrected chi connectivity index (χ4v) is 1.87. The van der Waals surface area contributed by atoms with Crippen LogP contribution >= 0.6 is 0 Å². The quantitative estimate of drug-likeness (QED) is 0.806. The molecule has 0 aromatic carbocycles. The van der Waals surface area contributed by atoms with Gasteiger partial charge in [0.2, 0.25) is 5.89 Å². The van der Waals surface area contributed by atoms with Crippen molar-refractivity contribution in [2.45, 2.75) is 45.2 Å². The van der Waals surface area contributed by atoms with Crippen molar-refractivity contribution in [3.05, 3.63) is 11.7 Å². The molecule has 0 unspecified atom stereocenters. The molecule has 1 aliphatic carbocycles. The molecule has 6 heteroatoms. The first-order valence-corrected chi connectivity index (χ1v) is 5.57. The molecule has 0 atom stereocenters. The zero-order valence-corrected chi connectivity index (χ0v) is 9.32. The normalized spacial score (nSPS) is 16.3. The van der Waals surface area contributed by atoms with E-state index in [0.717, 1.165) is 12.8 Å². The van der Waals surface area contributed by atoms with E-state index >= 15 is 0 Å². The van der Waals surface area contributed by atoms with Crippen LogP contribution in [0.3, 0.4) is 0 Å². The van der Waals surface area contributed by atoms with Crippen LogP contribution in [-0.4, -0.2) is 22.2 Å². The summed E-state index contributed by atoms with van der Waals surface area (Å²) in [4.78, 5) is 15.5. The zero-order valence-electron chi connectivity index (χ0n) is 9.32. The Morgan fingerprint density at radius 3 is 2.88 bits per heavy atom. The Morgan fingerprint density at radius 1 is 1.50 bits per heavy atom. The summed E-state index contributed by atoms with van der Waals surface area (Å²) in [7, 11) is 0. The second-order valence-electron chi connectivity index (χ2n) is 4.04. The van der Waals surface area contributed by atoms with Gasteiger partial charge in [-0.15, -0.1) is 0 Å². The highest BCUT2D eigenvalue weighted by molar-refractivity contribution is 5.74. The van der Waals surface area contributed by atoms with Gasteiger partial charge in [-0.25, -0.2) is 4.79 Å². The van der Waals surface area contributed by atoms with E-state index in [2.05, 4.69) is 20.8 Å². The van der Waals surface area contributed by atoms with Gasteiger partial charge in [0.25, 0.3) is 0 Å². The van der Waals surface area contributed by atoms with Gasteiger partial charge in [0, 0.05) is 6.04 Å². The van der Waals surface area contributed by atoms with Gasteiger partial charge in [-0.2, -0.15) is 4.98 Å². The van der Waals surface area contributed by atoms with Crippen LogP contribution in [0.15, 0.2) is 4.52 Å². The lowest BCUT2D eigenvalue weighted by atomic mass is 10.2. The number of rotatable bonds is 3. The van der Waals surface area contributed by atoms with E-state index < -0.39 is 0 Å². The Labute approximate surface area is 93.8 Å². The number of hydrogen-bond donors (Lipinski definition) is 2. The number of nitrogens with zero attached hydrogens (tertiary/aromatic N) is 2. The number of urea groups is 1. The van der Waals surface area contributed by atoms with Crippen LogP contribution in [0.1, 0.15) is 37.4 Å². The molecule has 1 aromatic rings. The third kappa shape index (κ3) is 2.95. The molecular weight excluding hydrogens is 208 g/mol. The molecule has 2 rings (SSSR count). The Kier molecular flexibility index (Phi) is 3.38. The molecule has 0 bridgehead atoms. The molecule has 88 valence electrons. The van der Waals surface area contributed by atoms with Gasteiger partial charge < -0.3 is 15.2 Å². The third-order valence-corrected chi connectivity index (χ3v) is 2.66. The summed E-state index contributed by atoms with van der Waals surface area (Å²) in [6.07, 6.45) is 4.56. The van der Waals surface area contributed by atoms with Crippen molar-refractivity contribution >= 4 is 6.03 Å². The molecule has 0 radical (unpaired) electrons. The van der Waals surface area contributed by atoms with Crippen molar-refractivity contribution in [1.29, 1.82) is 0 Å². The highest BCUT2D eigenvalue weighted by atomic mass is 16.5. The molecule has 0 saturated heterocycles. The molecule has 1 aliphatic rings. The molecule has 16 heavy (non-hydrogen) atoms. The second kappa shape index (κ2) is 4.96. The molecule has 1 aromatic heterocycles. The number of aryl methyl sites for hydroxylation is 1. The minimum absolute atomic E-state index is 0.164. The van der Waals surface area contributed by atoms with E-state index in [9.17, 15) is 4.79 Å². The van der Waals surface area contributed by atoms with Gasteiger partial charge in [0.15, 0.2) is 5.82 Å². The lowest BCUT2D eigenvalue weighted by molar-refractivity contribution is 0.234. The zero-order chi connectivity index (χ0) is 11.4. The van der Waals surface area contributed by atoms with Gasteiger partial charge >= 0.3 is 6.03 Å². The van der Waals surface area contributed by atoms with Gasteiger partial charge in [-0.3, -0.25) is 0 Å². The van der Waals surface area contributed by atoms with Crippen LogP contribution < -0.4 is 10.6 Å². The summed E-state index contributed by atoms with van der Waals surface area (Å²) in [6.45, 7) is 2.02. The van der Waals surface area contributed by atoms with E-state index in [-0.39, 0.29) is 12.6 Å². The molecule has 2 amide bonds. The number of carbonyl (C=O) groups is 1. The van der Waals surface area contributed by atoms with Crippen molar-refractivity contribution in [3.8, 4) is 0 Å². The summed E-state index contributed by atoms with van der Waals surface area (Å²) in [5, 5.41) is 9.25. The van der Waals surface area contributed by atoms with Crippen LogP contribution in [0, 0.1) is 6.92 Å². The van der Waals surface area contributed by atoms with E-state index in [1.54, 1.807) is 6.92 Å². The summed E-state index contributed by atoms with van der Waals surface area (Å²) in [5.74, 6) is 1.01. The number of aromatic nitrogens is 2. The Bertz CT molecular complexity index is 357. The summed E-state index contributed by atoms with van der Waals surface area (Å²) < 4.78 is 4.88. The highest BCUT2D eigenvalue weighted by Gasteiger charge is 2.17. The first-order chi connectivity index (χ1) is 7.74. The van der Waals surface area contributed by atoms with Crippen molar-refractivity contribution in [1.82, 2.24) is 20.8 Å². The number of nitrogens with one attached hydrogen (secondary N) is 2. The highest BCUT2D eigenvalue weighted by Crippen LogP contribution is 2.17. The van der Waals surface area contributed by atoms with E-state index in [1.807, 2.05) is 0 Å². The van der Waals surface area contributed by atoms with Crippen LogP contribution in [0.5, 0.6) is 0 Å². The topological polar surface area (TPSA) is 80.0 Å². The average Bonchev–Trinajstić information content (AvgIpc) is 2.87. The molecule has 1 fully saturated rings. The van der Waals surface area contributed by atoms with Crippen molar-refractivity contribution in [2.24, 2.45) is 0 Å². The molecule has 0 aliphatic heterocycles. The molecule has 1 saturated carbocycles. The number of carbonyl (C=O) groups excluding carboxylic acids is 1. The van der Waals surface area contributed by atoms with E-state index in [4.69, 9.17) is 4.52 Å². The average molecular weight is 224 g/mol. The molecule has 2 N–H and O–H groups in total. The summed E-state index contributed by atoms with van der Waals surface area (Å²) in [6, 6.07) is 0.159. The number of amides is 2. The SMILES string of the molecule is Cc1noc(CNC(=O)NC2CCCC2)n1. The number of hydrogen-bond acceptors (Lipinski definition) is 4. The van der Waals surface area contributed by atoms with Crippen molar-refractivity contribution in [3.63, 3.8) is 0 Å². The summed E-state index contributed by atoms with van der Waals surface area (Å²) in [5.41, 5.74) is 0. The fraction of sp³-hybridized carbons (Fsp3) is 0.700. The Morgan fingerprint density at radius 2 is 2.25 bits per heavy atom. The van der Waals surface area contributed by atoms with Crippen LogP contribution in [0.25, 0.3) is 0 Å². The third-order valence-electron chi connectivity index (χ3n) is 2.66. The molecule has 1 heterocycles. The van der Waals surface area contributed by atoms with Gasteiger partial charge in [0.1, 0.15) is 0 Å². The molecule has 6 nitrogen and oxygen atoms in total. The first kappa shape index (κ1) is 10.9. The minimum Gasteiger partial charge on any atom is -0.337 e. The Hall–Kier alpha value is -1.59. The van der Waals surface area contributed by atoms with Gasteiger partial charge in [-0.05, 0) is 19.8 Å². The summed E-state index contributed by atoms with van der Waals surface area (Å²) >= 11 is 0. The maximum atomic E-state index is 11.5. The maximum Gasteiger partial charge on any atom is 0.315 e. The van der Waals surface area contributed by atoms with E-state index in [1.165, 1.54) is 12.8 Å². The van der Waals surface area contributed by atoms with Crippen molar-refractivity contribution in [2.75, 3.05) is 0 Å². The monoisotopic (exact) mass is 224 g/mol. The Balaban J connectivity index is 1.71. The van der Waals surface area contributed by atoms with Crippen LogP contribution in [0.4, 0.5) is 4.79 Å². The largest absolute Gasteiger partial charge is 0.337 e. The van der Waals surface area contributed by atoms with Crippen LogP contribution in [-0.2, 0) is 6.54 Å². The lowest BCUT2D eigenvalue weighted by Crippen LogP contribution is -2.40. The predicted molar refractivity (Wildman–Crippen MR) is 56.7 cm³/mol. The predicted octanol–water partition coefficient (Wildman–Crippen LogP) is 1.12.